The lowest BCUT2D eigenvalue weighted by Gasteiger charge is -2.34. The van der Waals surface area contributed by atoms with Crippen molar-refractivity contribution in [3.8, 4) is 5.75 Å². The maximum atomic E-state index is 12.9. The molecule has 1 atom stereocenters. The molecule has 0 spiro atoms. The van der Waals surface area contributed by atoms with E-state index < -0.39 is 12.1 Å². The molecule has 1 aliphatic rings. The number of hydrogen-bond acceptors (Lipinski definition) is 2. The molecule has 0 amide bonds. The van der Waals surface area contributed by atoms with Crippen LogP contribution in [0.1, 0.15) is 24.8 Å². The van der Waals surface area contributed by atoms with Gasteiger partial charge < -0.3 is 9.47 Å². The zero-order chi connectivity index (χ0) is 14.6. The van der Waals surface area contributed by atoms with Gasteiger partial charge in [0.15, 0.2) is 0 Å². The normalized spacial score (nSPS) is 17.6. The van der Waals surface area contributed by atoms with E-state index >= 15 is 0 Å². The average Bonchev–Trinajstić information content (AvgIpc) is 2.35. The molecule has 0 radical (unpaired) electrons. The number of benzene rings is 1. The molecule has 0 aromatic heterocycles. The van der Waals surface area contributed by atoms with Gasteiger partial charge in [0.2, 0.25) is 0 Å². The van der Waals surface area contributed by atoms with Crippen LogP contribution in [0.25, 0.3) is 0 Å². The molecule has 1 aromatic carbocycles. The minimum absolute atomic E-state index is 0.198. The standard InChI is InChI=1S/C15H19F3O2/c1-19-13-7-5-11(6-8-13)9-20-10-14(15(16,17)18)12-3-2-4-12/h5-8,12,14H,2-4,9-10H2,1H3. The Morgan fingerprint density at radius 1 is 1.20 bits per heavy atom. The highest BCUT2D eigenvalue weighted by atomic mass is 19.4. The number of alkyl halides is 3. The van der Waals surface area contributed by atoms with Gasteiger partial charge >= 0.3 is 6.18 Å². The first kappa shape index (κ1) is 15.2. The smallest absolute Gasteiger partial charge is 0.394 e. The summed E-state index contributed by atoms with van der Waals surface area (Å²) >= 11 is 0. The monoisotopic (exact) mass is 288 g/mol. The quantitative estimate of drug-likeness (QED) is 0.781. The number of methoxy groups -OCH3 is 1. The second kappa shape index (κ2) is 6.48. The molecule has 0 bridgehead atoms. The third-order valence-corrected chi connectivity index (χ3v) is 3.86. The molecular formula is C15H19F3O2. The predicted octanol–water partition coefficient (Wildman–Crippen LogP) is 4.19. The fourth-order valence-electron chi connectivity index (χ4n) is 2.37. The van der Waals surface area contributed by atoms with Crippen LogP contribution >= 0.6 is 0 Å². The van der Waals surface area contributed by atoms with E-state index in [1.165, 1.54) is 0 Å². The molecular weight excluding hydrogens is 269 g/mol. The van der Waals surface area contributed by atoms with E-state index in [1.807, 2.05) is 0 Å². The number of hydrogen-bond donors (Lipinski definition) is 0. The Kier molecular flexibility index (Phi) is 4.91. The van der Waals surface area contributed by atoms with Crippen LogP contribution in [-0.4, -0.2) is 19.9 Å². The molecule has 0 aliphatic heterocycles. The van der Waals surface area contributed by atoms with E-state index in [4.69, 9.17) is 9.47 Å². The Hall–Kier alpha value is -1.23. The SMILES string of the molecule is COc1ccc(COCC(C2CCC2)C(F)(F)F)cc1. The maximum Gasteiger partial charge on any atom is 0.394 e. The third kappa shape index (κ3) is 3.88. The van der Waals surface area contributed by atoms with E-state index in [2.05, 4.69) is 0 Å². The number of halogens is 3. The van der Waals surface area contributed by atoms with Crippen molar-refractivity contribution < 1.29 is 22.6 Å². The molecule has 2 rings (SSSR count). The summed E-state index contributed by atoms with van der Waals surface area (Å²) in [6.07, 6.45) is -1.94. The maximum absolute atomic E-state index is 12.9. The highest BCUT2D eigenvalue weighted by Gasteiger charge is 2.46. The van der Waals surface area contributed by atoms with Crippen molar-refractivity contribution in [1.29, 1.82) is 0 Å². The van der Waals surface area contributed by atoms with Gasteiger partial charge in [-0.25, -0.2) is 0 Å². The lowest BCUT2D eigenvalue weighted by atomic mass is 9.76. The molecule has 1 fully saturated rings. The van der Waals surface area contributed by atoms with Gasteiger partial charge in [0.1, 0.15) is 5.75 Å². The fourth-order valence-corrected chi connectivity index (χ4v) is 2.37. The summed E-state index contributed by atoms with van der Waals surface area (Å²) in [4.78, 5) is 0. The molecule has 112 valence electrons. The van der Waals surface area contributed by atoms with Gasteiger partial charge in [-0.05, 0) is 36.5 Å². The first-order valence-electron chi connectivity index (χ1n) is 6.78. The van der Waals surface area contributed by atoms with Crippen LogP contribution < -0.4 is 4.74 Å². The molecule has 5 heteroatoms. The van der Waals surface area contributed by atoms with Crippen molar-refractivity contribution >= 4 is 0 Å². The summed E-state index contributed by atoms with van der Waals surface area (Å²) in [7, 11) is 1.57. The summed E-state index contributed by atoms with van der Waals surface area (Å²) in [5.41, 5.74) is 0.848. The van der Waals surface area contributed by atoms with Crippen molar-refractivity contribution in [3.05, 3.63) is 29.8 Å². The van der Waals surface area contributed by atoms with Crippen LogP contribution in [0.2, 0.25) is 0 Å². The molecule has 0 saturated heterocycles. The van der Waals surface area contributed by atoms with Gasteiger partial charge in [0.05, 0.1) is 26.2 Å². The Morgan fingerprint density at radius 2 is 1.85 bits per heavy atom. The van der Waals surface area contributed by atoms with Gasteiger partial charge in [0.25, 0.3) is 0 Å². The van der Waals surface area contributed by atoms with Crippen molar-refractivity contribution in [1.82, 2.24) is 0 Å². The van der Waals surface area contributed by atoms with E-state index in [1.54, 1.807) is 31.4 Å². The van der Waals surface area contributed by atoms with E-state index in [9.17, 15) is 13.2 Å². The van der Waals surface area contributed by atoms with Crippen LogP contribution in [0.4, 0.5) is 13.2 Å². The Balaban J connectivity index is 1.83. The second-order valence-corrected chi connectivity index (χ2v) is 5.20. The van der Waals surface area contributed by atoms with E-state index in [-0.39, 0.29) is 19.1 Å². The summed E-state index contributed by atoms with van der Waals surface area (Å²) in [5.74, 6) is -0.864. The molecule has 0 heterocycles. The van der Waals surface area contributed by atoms with Crippen LogP contribution in [-0.2, 0) is 11.3 Å². The highest BCUT2D eigenvalue weighted by molar-refractivity contribution is 5.26. The number of ether oxygens (including phenoxy) is 2. The van der Waals surface area contributed by atoms with E-state index in [0.717, 1.165) is 17.7 Å². The van der Waals surface area contributed by atoms with Crippen LogP contribution in [0, 0.1) is 11.8 Å². The second-order valence-electron chi connectivity index (χ2n) is 5.20. The molecule has 1 unspecified atom stereocenters. The lowest BCUT2D eigenvalue weighted by Crippen LogP contribution is -2.37. The summed E-state index contributed by atoms with van der Waals surface area (Å²) in [6, 6.07) is 7.13. The summed E-state index contributed by atoms with van der Waals surface area (Å²) < 4.78 is 49.1. The minimum atomic E-state index is -4.16. The first-order valence-corrected chi connectivity index (χ1v) is 6.78. The topological polar surface area (TPSA) is 18.5 Å². The predicted molar refractivity (Wildman–Crippen MR) is 69.5 cm³/mol. The first-order chi connectivity index (χ1) is 9.50. The molecule has 0 N–H and O–H groups in total. The fraction of sp³-hybridized carbons (Fsp3) is 0.600. The van der Waals surface area contributed by atoms with Crippen molar-refractivity contribution in [2.75, 3.05) is 13.7 Å². The van der Waals surface area contributed by atoms with Crippen LogP contribution in [0.5, 0.6) is 5.75 Å². The van der Waals surface area contributed by atoms with Crippen molar-refractivity contribution in [3.63, 3.8) is 0 Å². The number of rotatable bonds is 6. The average molecular weight is 288 g/mol. The van der Waals surface area contributed by atoms with Crippen LogP contribution in [0.15, 0.2) is 24.3 Å². The molecule has 20 heavy (non-hydrogen) atoms. The van der Waals surface area contributed by atoms with Gasteiger partial charge in [-0.3, -0.25) is 0 Å². The molecule has 1 aliphatic carbocycles. The summed E-state index contributed by atoms with van der Waals surface area (Å²) in [6.45, 7) is -0.0521. The van der Waals surface area contributed by atoms with Gasteiger partial charge in [-0.2, -0.15) is 13.2 Å². The molecule has 1 aromatic rings. The third-order valence-electron chi connectivity index (χ3n) is 3.86. The molecule has 2 nitrogen and oxygen atoms in total. The Labute approximate surface area is 116 Å². The van der Waals surface area contributed by atoms with E-state index in [0.29, 0.717) is 12.8 Å². The van der Waals surface area contributed by atoms with Gasteiger partial charge in [-0.1, -0.05) is 18.6 Å². The zero-order valence-electron chi connectivity index (χ0n) is 11.5. The van der Waals surface area contributed by atoms with Gasteiger partial charge in [0, 0.05) is 0 Å². The lowest BCUT2D eigenvalue weighted by molar-refractivity contribution is -0.211. The van der Waals surface area contributed by atoms with Crippen LogP contribution in [0.3, 0.4) is 0 Å². The molecule has 1 saturated carbocycles. The van der Waals surface area contributed by atoms with Gasteiger partial charge in [-0.15, -0.1) is 0 Å². The Bertz CT molecular complexity index is 410. The van der Waals surface area contributed by atoms with Crippen molar-refractivity contribution in [2.45, 2.75) is 32.0 Å². The zero-order valence-corrected chi connectivity index (χ0v) is 11.5. The Morgan fingerprint density at radius 3 is 2.30 bits per heavy atom. The largest absolute Gasteiger partial charge is 0.497 e. The highest BCUT2D eigenvalue weighted by Crippen LogP contribution is 2.42. The summed E-state index contributed by atoms with van der Waals surface area (Å²) in [5, 5.41) is 0. The minimum Gasteiger partial charge on any atom is -0.497 e. The van der Waals surface area contributed by atoms with Crippen molar-refractivity contribution in [2.24, 2.45) is 11.8 Å².